The summed E-state index contributed by atoms with van der Waals surface area (Å²) in [5, 5.41) is 0. The fourth-order valence-electron chi connectivity index (χ4n) is 4.86. The molecule has 1 unspecified atom stereocenters. The highest BCUT2D eigenvalue weighted by Crippen LogP contribution is 2.33. The minimum absolute atomic E-state index is 0.0489. The van der Waals surface area contributed by atoms with Gasteiger partial charge in [0.1, 0.15) is 6.61 Å². The SMILES string of the molecule is CN1CCN(CC#CCOC2CCN(C(=O)C3CCCc4ccccc43)CC2)CC1. The van der Waals surface area contributed by atoms with Crippen LogP contribution in [-0.4, -0.2) is 86.2 Å². The molecular weight excluding hydrogens is 374 g/mol. The molecule has 30 heavy (non-hydrogen) atoms. The molecule has 3 aliphatic rings. The maximum atomic E-state index is 13.1. The Morgan fingerprint density at radius 1 is 1.03 bits per heavy atom. The fraction of sp³-hybridized carbons (Fsp3) is 0.640. The molecule has 0 bridgehead atoms. The largest absolute Gasteiger partial charge is 0.365 e. The van der Waals surface area contributed by atoms with Crippen molar-refractivity contribution < 1.29 is 9.53 Å². The first-order chi connectivity index (χ1) is 14.7. The lowest BCUT2D eigenvalue weighted by atomic mass is 9.82. The molecule has 1 atom stereocenters. The lowest BCUT2D eigenvalue weighted by Gasteiger charge is -2.35. The molecule has 4 rings (SSSR count). The van der Waals surface area contributed by atoms with Crippen molar-refractivity contribution in [2.75, 3.05) is 59.5 Å². The van der Waals surface area contributed by atoms with Crippen molar-refractivity contribution in [3.63, 3.8) is 0 Å². The molecule has 2 fully saturated rings. The van der Waals surface area contributed by atoms with Crippen molar-refractivity contribution in [3.05, 3.63) is 35.4 Å². The number of carbonyl (C=O) groups is 1. The van der Waals surface area contributed by atoms with E-state index in [1.54, 1.807) is 0 Å². The quantitative estimate of drug-likeness (QED) is 0.716. The number of ether oxygens (including phenoxy) is 1. The van der Waals surface area contributed by atoms with Crippen molar-refractivity contribution >= 4 is 5.91 Å². The summed E-state index contributed by atoms with van der Waals surface area (Å²) in [5.74, 6) is 6.80. The highest BCUT2D eigenvalue weighted by Gasteiger charge is 2.32. The Hall–Kier alpha value is -1.87. The number of piperidine rings is 1. The molecule has 5 heteroatoms. The number of hydrogen-bond donors (Lipinski definition) is 0. The van der Waals surface area contributed by atoms with Crippen molar-refractivity contribution in [3.8, 4) is 11.8 Å². The number of aryl methyl sites for hydroxylation is 1. The summed E-state index contributed by atoms with van der Waals surface area (Å²) in [6.45, 7) is 7.40. The minimum Gasteiger partial charge on any atom is -0.365 e. The summed E-state index contributed by atoms with van der Waals surface area (Å²) < 4.78 is 5.98. The van der Waals surface area contributed by atoms with Gasteiger partial charge in [0.2, 0.25) is 5.91 Å². The number of nitrogens with zero attached hydrogens (tertiary/aromatic N) is 3. The zero-order chi connectivity index (χ0) is 20.8. The van der Waals surface area contributed by atoms with Gasteiger partial charge in [-0.2, -0.15) is 0 Å². The van der Waals surface area contributed by atoms with Crippen LogP contribution < -0.4 is 0 Å². The Labute approximate surface area is 181 Å². The molecule has 2 saturated heterocycles. The van der Waals surface area contributed by atoms with Gasteiger partial charge in [-0.3, -0.25) is 9.69 Å². The Bertz CT molecular complexity index is 768. The predicted octanol–water partition coefficient (Wildman–Crippen LogP) is 2.36. The molecule has 0 radical (unpaired) electrons. The molecule has 1 aromatic carbocycles. The van der Waals surface area contributed by atoms with Crippen LogP contribution in [0.25, 0.3) is 0 Å². The number of carbonyl (C=O) groups excluding carboxylic acids is 1. The number of amides is 1. The third-order valence-corrected chi connectivity index (χ3v) is 6.84. The summed E-state index contributed by atoms with van der Waals surface area (Å²) in [7, 11) is 2.17. The number of rotatable bonds is 4. The van der Waals surface area contributed by atoms with E-state index >= 15 is 0 Å². The van der Waals surface area contributed by atoms with Crippen LogP contribution in [-0.2, 0) is 16.0 Å². The molecule has 0 aromatic heterocycles. The molecule has 0 N–H and O–H groups in total. The standard InChI is InChI=1S/C25H35N3O2/c1-26-16-18-27(19-17-26)13-4-5-20-30-22-11-14-28(15-12-22)25(29)24-10-6-8-21-7-2-3-9-23(21)24/h2-3,7,9,22,24H,6,8,10-20H2,1H3. The van der Waals surface area contributed by atoms with Crippen molar-refractivity contribution in [1.29, 1.82) is 0 Å². The van der Waals surface area contributed by atoms with E-state index in [0.29, 0.717) is 12.5 Å². The van der Waals surface area contributed by atoms with E-state index in [0.717, 1.165) is 77.9 Å². The minimum atomic E-state index is 0.0489. The molecular formula is C25H35N3O2. The molecule has 1 amide bonds. The summed E-state index contributed by atoms with van der Waals surface area (Å²) in [6, 6.07) is 8.48. The van der Waals surface area contributed by atoms with Crippen LogP contribution in [0.15, 0.2) is 24.3 Å². The van der Waals surface area contributed by atoms with E-state index in [-0.39, 0.29) is 12.0 Å². The summed E-state index contributed by atoms with van der Waals surface area (Å²) in [4.78, 5) is 20.0. The van der Waals surface area contributed by atoms with Crippen molar-refractivity contribution in [2.45, 2.75) is 44.1 Å². The summed E-state index contributed by atoms with van der Waals surface area (Å²) >= 11 is 0. The number of likely N-dealkylation sites (N-methyl/N-ethyl adjacent to an activating group) is 1. The molecule has 1 aromatic rings. The Morgan fingerprint density at radius 2 is 1.80 bits per heavy atom. The summed E-state index contributed by atoms with van der Waals surface area (Å²) in [5.41, 5.74) is 2.61. The first-order valence-corrected chi connectivity index (χ1v) is 11.6. The highest BCUT2D eigenvalue weighted by atomic mass is 16.5. The molecule has 0 saturated carbocycles. The van der Waals surface area contributed by atoms with Crippen LogP contribution in [0, 0.1) is 11.8 Å². The van der Waals surface area contributed by atoms with Gasteiger partial charge in [0.25, 0.3) is 0 Å². The lowest BCUT2D eigenvalue weighted by Crippen LogP contribution is -2.44. The number of piperazine rings is 1. The predicted molar refractivity (Wildman–Crippen MR) is 119 cm³/mol. The van der Waals surface area contributed by atoms with E-state index < -0.39 is 0 Å². The third kappa shape index (κ3) is 5.43. The van der Waals surface area contributed by atoms with Gasteiger partial charge in [-0.25, -0.2) is 0 Å². The Kier molecular flexibility index (Phi) is 7.43. The molecule has 2 aliphatic heterocycles. The van der Waals surface area contributed by atoms with E-state index in [4.69, 9.17) is 4.74 Å². The van der Waals surface area contributed by atoms with E-state index in [9.17, 15) is 4.79 Å². The van der Waals surface area contributed by atoms with Crippen molar-refractivity contribution in [2.24, 2.45) is 0 Å². The molecule has 1 aliphatic carbocycles. The van der Waals surface area contributed by atoms with Gasteiger partial charge in [0.05, 0.1) is 18.6 Å². The van der Waals surface area contributed by atoms with Gasteiger partial charge in [-0.1, -0.05) is 36.1 Å². The topological polar surface area (TPSA) is 36.0 Å². The fourth-order valence-corrected chi connectivity index (χ4v) is 4.86. The van der Waals surface area contributed by atoms with E-state index in [2.05, 4.69) is 57.9 Å². The number of hydrogen-bond acceptors (Lipinski definition) is 4. The molecule has 2 heterocycles. The second-order valence-electron chi connectivity index (χ2n) is 8.91. The molecule has 5 nitrogen and oxygen atoms in total. The zero-order valence-corrected chi connectivity index (χ0v) is 18.3. The molecule has 162 valence electrons. The first kappa shape index (κ1) is 21.4. The Balaban J connectivity index is 1.18. The maximum absolute atomic E-state index is 13.1. The summed E-state index contributed by atoms with van der Waals surface area (Å²) in [6.07, 6.45) is 5.26. The van der Waals surface area contributed by atoms with Gasteiger partial charge >= 0.3 is 0 Å². The van der Waals surface area contributed by atoms with Crippen LogP contribution >= 0.6 is 0 Å². The third-order valence-electron chi connectivity index (χ3n) is 6.84. The second-order valence-corrected chi connectivity index (χ2v) is 8.91. The number of likely N-dealkylation sites (tertiary alicyclic amines) is 1. The van der Waals surface area contributed by atoms with Gasteiger partial charge in [0, 0.05) is 39.3 Å². The van der Waals surface area contributed by atoms with E-state index in [1.807, 2.05) is 0 Å². The number of benzene rings is 1. The van der Waals surface area contributed by atoms with E-state index in [1.165, 1.54) is 11.1 Å². The van der Waals surface area contributed by atoms with Crippen molar-refractivity contribution in [1.82, 2.24) is 14.7 Å². The van der Waals surface area contributed by atoms with Gasteiger partial charge in [0.15, 0.2) is 0 Å². The van der Waals surface area contributed by atoms with Crippen LogP contribution in [0.4, 0.5) is 0 Å². The monoisotopic (exact) mass is 409 g/mol. The van der Waals surface area contributed by atoms with Gasteiger partial charge < -0.3 is 14.5 Å². The van der Waals surface area contributed by atoms with Crippen LogP contribution in [0.2, 0.25) is 0 Å². The highest BCUT2D eigenvalue weighted by molar-refractivity contribution is 5.84. The second kappa shape index (κ2) is 10.4. The lowest BCUT2D eigenvalue weighted by molar-refractivity contribution is -0.135. The van der Waals surface area contributed by atoms with Gasteiger partial charge in [-0.05, 0) is 50.3 Å². The van der Waals surface area contributed by atoms with Gasteiger partial charge in [-0.15, -0.1) is 0 Å². The smallest absolute Gasteiger partial charge is 0.230 e. The average molecular weight is 410 g/mol. The zero-order valence-electron chi connectivity index (χ0n) is 18.3. The van der Waals surface area contributed by atoms with Crippen LogP contribution in [0.5, 0.6) is 0 Å². The average Bonchev–Trinajstić information content (AvgIpc) is 2.80. The normalized spacial score (nSPS) is 23.5. The van der Waals surface area contributed by atoms with Crippen LogP contribution in [0.3, 0.4) is 0 Å². The first-order valence-electron chi connectivity index (χ1n) is 11.6. The van der Waals surface area contributed by atoms with Crippen LogP contribution in [0.1, 0.15) is 42.7 Å². The maximum Gasteiger partial charge on any atom is 0.230 e. The molecule has 0 spiro atoms. The number of fused-ring (bicyclic) bond motifs is 1. The Morgan fingerprint density at radius 3 is 2.60 bits per heavy atom.